The van der Waals surface area contributed by atoms with Crippen molar-refractivity contribution in [3.05, 3.63) is 36.6 Å². The fraction of sp³-hybridized carbons (Fsp3) is 0.222. The van der Waals surface area contributed by atoms with Crippen molar-refractivity contribution in [3.8, 4) is 0 Å². The molecule has 0 aliphatic carbocycles. The molecule has 60 valence electrons. The van der Waals surface area contributed by atoms with Gasteiger partial charge in [-0.05, 0) is 19.9 Å². The lowest BCUT2D eigenvalue weighted by atomic mass is 10.3. The van der Waals surface area contributed by atoms with E-state index in [4.69, 9.17) is 4.74 Å². The summed E-state index contributed by atoms with van der Waals surface area (Å²) in [5.74, 6) is 0.119. The Bertz CT molecular complexity index is 212. The molecule has 0 aliphatic rings. The second kappa shape index (κ2) is 4.50. The molecule has 0 radical (unpaired) electrons. The minimum atomic E-state index is -0.402. The number of hydrogen-bond acceptors (Lipinski definition) is 2. The van der Waals surface area contributed by atoms with Crippen LogP contribution in [0.4, 0.5) is 0 Å². The van der Waals surface area contributed by atoms with E-state index >= 15 is 0 Å². The van der Waals surface area contributed by atoms with Crippen molar-refractivity contribution in [2.75, 3.05) is 0 Å². The molecule has 0 aromatic heterocycles. The maximum Gasteiger partial charge on any atom is 0.338 e. The Morgan fingerprint density at radius 3 is 2.36 bits per heavy atom. The van der Waals surface area contributed by atoms with Gasteiger partial charge >= 0.3 is 5.97 Å². The lowest BCUT2D eigenvalue weighted by Crippen LogP contribution is -2.02. The summed E-state index contributed by atoms with van der Waals surface area (Å²) in [5.41, 5.74) is 0.391. The van der Waals surface area contributed by atoms with Crippen LogP contribution in [0, 0.1) is 0 Å². The maximum atomic E-state index is 10.8. The Balaban J connectivity index is 4.05. The topological polar surface area (TPSA) is 26.3 Å². The summed E-state index contributed by atoms with van der Waals surface area (Å²) >= 11 is 0. The van der Waals surface area contributed by atoms with Gasteiger partial charge in [0, 0.05) is 5.57 Å². The van der Waals surface area contributed by atoms with Crippen LogP contribution in [-0.2, 0) is 9.53 Å². The van der Waals surface area contributed by atoms with Crippen LogP contribution in [0.2, 0.25) is 0 Å². The fourth-order valence-corrected chi connectivity index (χ4v) is 0.433. The predicted octanol–water partition coefficient (Wildman–Crippen LogP) is 2.20. The molecule has 0 N–H and O–H groups in total. The molecule has 0 unspecified atom stereocenters. The predicted molar refractivity (Wildman–Crippen MR) is 44.9 cm³/mol. The van der Waals surface area contributed by atoms with Crippen molar-refractivity contribution in [2.45, 2.75) is 13.8 Å². The Morgan fingerprint density at radius 2 is 2.00 bits per heavy atom. The fourth-order valence-electron chi connectivity index (χ4n) is 0.433. The van der Waals surface area contributed by atoms with Crippen molar-refractivity contribution in [3.63, 3.8) is 0 Å². The first-order valence-electron chi connectivity index (χ1n) is 3.25. The van der Waals surface area contributed by atoms with E-state index in [1.165, 1.54) is 0 Å². The molecule has 0 spiro atoms. The number of esters is 1. The molecule has 0 aromatic rings. The number of hydrogen-bond donors (Lipinski definition) is 0. The highest BCUT2D eigenvalue weighted by molar-refractivity contribution is 5.87. The first-order chi connectivity index (χ1) is 5.07. The van der Waals surface area contributed by atoms with Gasteiger partial charge < -0.3 is 4.74 Å². The zero-order valence-corrected chi connectivity index (χ0v) is 6.89. The molecule has 0 amide bonds. The molecule has 0 saturated heterocycles. The van der Waals surface area contributed by atoms with Gasteiger partial charge in [0.05, 0.1) is 0 Å². The second-order valence-corrected chi connectivity index (χ2v) is 2.18. The van der Waals surface area contributed by atoms with E-state index in [1.807, 2.05) is 0 Å². The van der Waals surface area contributed by atoms with Crippen LogP contribution in [0.5, 0.6) is 0 Å². The normalized spacial score (nSPS) is 10.5. The van der Waals surface area contributed by atoms with Crippen molar-refractivity contribution >= 4 is 5.97 Å². The highest BCUT2D eigenvalue weighted by atomic mass is 16.5. The summed E-state index contributed by atoms with van der Waals surface area (Å²) in [4.78, 5) is 10.8. The van der Waals surface area contributed by atoms with E-state index in [0.29, 0.717) is 11.3 Å². The molecule has 0 heterocycles. The van der Waals surface area contributed by atoms with E-state index in [9.17, 15) is 4.79 Å². The first-order valence-corrected chi connectivity index (χ1v) is 3.25. The molecule has 0 bridgehead atoms. The van der Waals surface area contributed by atoms with Gasteiger partial charge in [-0.3, -0.25) is 0 Å². The molecule has 2 heteroatoms. The molecule has 0 fully saturated rings. The Labute approximate surface area is 66.9 Å². The quantitative estimate of drug-likeness (QED) is 0.268. The van der Waals surface area contributed by atoms with Crippen molar-refractivity contribution in [1.29, 1.82) is 0 Å². The van der Waals surface area contributed by atoms with E-state index in [-0.39, 0.29) is 0 Å². The molecule has 0 aromatic carbocycles. The van der Waals surface area contributed by atoms with Gasteiger partial charge in [-0.25, -0.2) is 4.79 Å². The molecular weight excluding hydrogens is 140 g/mol. The smallest absolute Gasteiger partial charge is 0.338 e. The van der Waals surface area contributed by atoms with Gasteiger partial charge in [-0.15, -0.1) is 0 Å². The first kappa shape index (κ1) is 9.69. The van der Waals surface area contributed by atoms with Crippen LogP contribution in [0.15, 0.2) is 36.6 Å². The summed E-state index contributed by atoms with van der Waals surface area (Å²) in [6.07, 6.45) is 3.17. The van der Waals surface area contributed by atoms with Crippen LogP contribution in [0.1, 0.15) is 13.8 Å². The number of carbonyl (C=O) groups excluding carboxylic acids is 1. The monoisotopic (exact) mass is 152 g/mol. The van der Waals surface area contributed by atoms with Gasteiger partial charge in [0.1, 0.15) is 5.76 Å². The minimum Gasteiger partial charge on any atom is -0.428 e. The highest BCUT2D eigenvalue weighted by Crippen LogP contribution is 2.00. The second-order valence-electron chi connectivity index (χ2n) is 2.18. The van der Waals surface area contributed by atoms with Crippen molar-refractivity contribution in [2.24, 2.45) is 0 Å². The van der Waals surface area contributed by atoms with E-state index in [0.717, 1.165) is 0 Å². The third-order valence-corrected chi connectivity index (χ3v) is 0.955. The summed E-state index contributed by atoms with van der Waals surface area (Å²) in [5, 5.41) is 0. The van der Waals surface area contributed by atoms with Gasteiger partial charge in [-0.2, -0.15) is 0 Å². The average Bonchev–Trinajstić information content (AvgIpc) is 1.87. The van der Waals surface area contributed by atoms with Gasteiger partial charge in [-0.1, -0.05) is 19.2 Å². The van der Waals surface area contributed by atoms with E-state index in [1.54, 1.807) is 26.0 Å². The molecule has 0 saturated carbocycles. The summed E-state index contributed by atoms with van der Waals surface area (Å²) in [6.45, 7) is 10.2. The van der Waals surface area contributed by atoms with Crippen LogP contribution in [0.25, 0.3) is 0 Å². The molecule has 0 atom stereocenters. The van der Waals surface area contributed by atoms with Crippen LogP contribution in [-0.4, -0.2) is 5.97 Å². The summed E-state index contributed by atoms with van der Waals surface area (Å²) < 4.78 is 4.80. The third kappa shape index (κ3) is 4.14. The lowest BCUT2D eigenvalue weighted by molar-refractivity contribution is -0.134. The Morgan fingerprint density at radius 1 is 1.45 bits per heavy atom. The number of ether oxygens (including phenoxy) is 1. The number of allylic oxidation sites excluding steroid dienone is 3. The van der Waals surface area contributed by atoms with Crippen molar-refractivity contribution in [1.82, 2.24) is 0 Å². The molecule has 11 heavy (non-hydrogen) atoms. The average molecular weight is 152 g/mol. The Kier molecular flexibility index (Phi) is 3.96. The standard InChI is InChI=1S/C9H12O2/c1-5-6-8(4)11-9(10)7(2)3/h5-6H,1-2H2,3-4H3/b8-6-. The molecule has 0 rings (SSSR count). The molecule has 0 aliphatic heterocycles. The molecule has 2 nitrogen and oxygen atoms in total. The third-order valence-electron chi connectivity index (χ3n) is 0.955. The van der Waals surface area contributed by atoms with Gasteiger partial charge in [0.25, 0.3) is 0 Å². The summed E-state index contributed by atoms with van der Waals surface area (Å²) in [7, 11) is 0. The highest BCUT2D eigenvalue weighted by Gasteiger charge is 2.02. The van der Waals surface area contributed by atoms with Gasteiger partial charge in [0.2, 0.25) is 0 Å². The van der Waals surface area contributed by atoms with E-state index < -0.39 is 5.97 Å². The summed E-state index contributed by atoms with van der Waals surface area (Å²) in [6, 6.07) is 0. The number of carbonyl (C=O) groups is 1. The lowest BCUT2D eigenvalue weighted by Gasteiger charge is -2.01. The van der Waals surface area contributed by atoms with Crippen LogP contribution in [0.3, 0.4) is 0 Å². The minimum absolute atomic E-state index is 0.391. The van der Waals surface area contributed by atoms with Gasteiger partial charge in [0.15, 0.2) is 0 Å². The maximum absolute atomic E-state index is 10.8. The molecular formula is C9H12O2. The SMILES string of the molecule is C=C/C=C(/C)OC(=O)C(=C)C. The van der Waals surface area contributed by atoms with Crippen LogP contribution >= 0.6 is 0 Å². The Hall–Kier alpha value is -1.31. The zero-order valence-electron chi connectivity index (χ0n) is 6.89. The number of rotatable bonds is 3. The van der Waals surface area contributed by atoms with Crippen LogP contribution < -0.4 is 0 Å². The van der Waals surface area contributed by atoms with Crippen molar-refractivity contribution < 1.29 is 9.53 Å². The largest absolute Gasteiger partial charge is 0.428 e. The zero-order chi connectivity index (χ0) is 8.85. The van der Waals surface area contributed by atoms with E-state index in [2.05, 4.69) is 13.2 Å².